The van der Waals surface area contributed by atoms with Gasteiger partial charge in [0.2, 0.25) is 0 Å². The summed E-state index contributed by atoms with van der Waals surface area (Å²) in [5.74, 6) is 1.18. The predicted molar refractivity (Wildman–Crippen MR) is 103 cm³/mol. The third-order valence-corrected chi connectivity index (χ3v) is 4.18. The van der Waals surface area contributed by atoms with E-state index in [1.807, 2.05) is 32.0 Å². The van der Waals surface area contributed by atoms with Crippen LogP contribution in [0.1, 0.15) is 25.0 Å². The van der Waals surface area contributed by atoms with Gasteiger partial charge in [-0.3, -0.25) is 0 Å². The van der Waals surface area contributed by atoms with E-state index in [0.29, 0.717) is 36.8 Å². The Hall–Kier alpha value is -2.96. The zero-order valence-corrected chi connectivity index (χ0v) is 16.3. The van der Waals surface area contributed by atoms with E-state index in [9.17, 15) is 9.18 Å². The van der Waals surface area contributed by atoms with Gasteiger partial charge in [-0.2, -0.15) is 0 Å². The van der Waals surface area contributed by atoms with Crippen molar-refractivity contribution in [2.24, 2.45) is 0 Å². The zero-order valence-electron chi connectivity index (χ0n) is 16.3. The van der Waals surface area contributed by atoms with Gasteiger partial charge < -0.3 is 24.4 Å². The fourth-order valence-corrected chi connectivity index (χ4v) is 2.85. The Morgan fingerprint density at radius 2 is 1.86 bits per heavy atom. The minimum atomic E-state index is -0.440. The molecule has 1 aliphatic rings. The summed E-state index contributed by atoms with van der Waals surface area (Å²) in [4.78, 5) is 13.9. The van der Waals surface area contributed by atoms with Gasteiger partial charge in [-0.25, -0.2) is 9.18 Å². The van der Waals surface area contributed by atoms with E-state index in [-0.39, 0.29) is 24.4 Å². The van der Waals surface area contributed by atoms with Gasteiger partial charge in [0, 0.05) is 20.1 Å². The first-order chi connectivity index (χ1) is 13.4. The molecule has 7 heteroatoms. The van der Waals surface area contributed by atoms with Crippen molar-refractivity contribution in [2.75, 3.05) is 20.3 Å². The molecule has 0 radical (unpaired) electrons. The summed E-state index contributed by atoms with van der Waals surface area (Å²) >= 11 is 0. The van der Waals surface area contributed by atoms with E-state index in [0.717, 1.165) is 5.56 Å². The number of amides is 2. The third kappa shape index (κ3) is 5.06. The van der Waals surface area contributed by atoms with Crippen molar-refractivity contribution in [3.05, 3.63) is 53.3 Å². The first-order valence-electron chi connectivity index (χ1n) is 9.25. The fourth-order valence-electron chi connectivity index (χ4n) is 2.85. The molecule has 2 amide bonds. The average molecular weight is 388 g/mol. The molecule has 1 N–H and O–H groups in total. The van der Waals surface area contributed by atoms with Crippen LogP contribution in [-0.2, 0) is 13.1 Å². The van der Waals surface area contributed by atoms with E-state index in [1.54, 1.807) is 24.1 Å². The molecule has 0 spiro atoms. The van der Waals surface area contributed by atoms with Crippen LogP contribution in [0.25, 0.3) is 0 Å². The maximum atomic E-state index is 14.0. The van der Waals surface area contributed by atoms with Crippen LogP contribution in [0.15, 0.2) is 36.4 Å². The highest BCUT2D eigenvalue weighted by atomic mass is 19.1. The lowest BCUT2D eigenvalue weighted by atomic mass is 10.2. The Labute approximate surface area is 164 Å². The maximum absolute atomic E-state index is 14.0. The number of hydrogen-bond acceptors (Lipinski definition) is 4. The lowest BCUT2D eigenvalue weighted by molar-refractivity contribution is 0.171. The quantitative estimate of drug-likeness (QED) is 0.819. The molecular formula is C21H25FN2O4. The number of halogens is 1. The molecule has 2 aromatic carbocycles. The Kier molecular flexibility index (Phi) is 6.23. The number of ether oxygens (including phenoxy) is 3. The van der Waals surface area contributed by atoms with E-state index in [1.165, 1.54) is 6.07 Å². The van der Waals surface area contributed by atoms with Crippen molar-refractivity contribution < 1.29 is 23.4 Å². The molecule has 28 heavy (non-hydrogen) atoms. The molecule has 0 saturated carbocycles. The van der Waals surface area contributed by atoms with Crippen LogP contribution in [0, 0.1) is 5.82 Å². The van der Waals surface area contributed by atoms with Crippen LogP contribution in [0.3, 0.4) is 0 Å². The largest absolute Gasteiger partial charge is 0.488 e. The SMILES string of the molecule is CC(C)Oc1ccc(CNC(=O)N(C)Cc2ccc3c(c2)OCCO3)cc1F. The van der Waals surface area contributed by atoms with Gasteiger partial charge >= 0.3 is 6.03 Å². The predicted octanol–water partition coefficient (Wildman–Crippen LogP) is 3.73. The lowest BCUT2D eigenvalue weighted by Crippen LogP contribution is -2.36. The lowest BCUT2D eigenvalue weighted by Gasteiger charge is -2.21. The number of benzene rings is 2. The number of rotatable bonds is 6. The molecular weight excluding hydrogens is 363 g/mol. The van der Waals surface area contributed by atoms with Crippen molar-refractivity contribution in [3.63, 3.8) is 0 Å². The number of fused-ring (bicyclic) bond motifs is 1. The molecule has 150 valence electrons. The number of carbonyl (C=O) groups is 1. The molecule has 0 saturated heterocycles. The van der Waals surface area contributed by atoms with Gasteiger partial charge in [0.15, 0.2) is 23.1 Å². The summed E-state index contributed by atoms with van der Waals surface area (Å²) in [6.45, 7) is 5.38. The van der Waals surface area contributed by atoms with Crippen molar-refractivity contribution in [1.29, 1.82) is 0 Å². The number of nitrogens with zero attached hydrogens (tertiary/aromatic N) is 1. The number of urea groups is 1. The first kappa shape index (κ1) is 19.8. The minimum Gasteiger partial charge on any atom is -0.488 e. The number of carbonyl (C=O) groups excluding carboxylic acids is 1. The highest BCUT2D eigenvalue weighted by Crippen LogP contribution is 2.31. The van der Waals surface area contributed by atoms with Crippen molar-refractivity contribution >= 4 is 6.03 Å². The van der Waals surface area contributed by atoms with Crippen molar-refractivity contribution in [2.45, 2.75) is 33.0 Å². The highest BCUT2D eigenvalue weighted by Gasteiger charge is 2.14. The maximum Gasteiger partial charge on any atom is 0.317 e. The summed E-state index contributed by atoms with van der Waals surface area (Å²) in [6.07, 6.45) is -0.103. The van der Waals surface area contributed by atoms with Crippen LogP contribution in [0.5, 0.6) is 17.2 Å². The summed E-state index contributed by atoms with van der Waals surface area (Å²) < 4.78 is 30.5. The van der Waals surface area contributed by atoms with Crippen LogP contribution >= 0.6 is 0 Å². The smallest absolute Gasteiger partial charge is 0.317 e. The van der Waals surface area contributed by atoms with Crippen molar-refractivity contribution in [3.8, 4) is 17.2 Å². The summed E-state index contributed by atoms with van der Waals surface area (Å²) in [7, 11) is 1.70. The Bertz CT molecular complexity index is 841. The molecule has 0 aromatic heterocycles. The van der Waals surface area contributed by atoms with E-state index in [2.05, 4.69) is 5.32 Å². The van der Waals surface area contributed by atoms with E-state index >= 15 is 0 Å². The van der Waals surface area contributed by atoms with Crippen LogP contribution in [-0.4, -0.2) is 37.3 Å². The van der Waals surface area contributed by atoms with Gasteiger partial charge in [0.05, 0.1) is 6.10 Å². The summed E-state index contributed by atoms with van der Waals surface area (Å²) in [6, 6.07) is 10.1. The van der Waals surface area contributed by atoms with Crippen LogP contribution in [0.2, 0.25) is 0 Å². The molecule has 0 fully saturated rings. The monoisotopic (exact) mass is 388 g/mol. The second kappa shape index (κ2) is 8.82. The average Bonchev–Trinajstić information content (AvgIpc) is 2.67. The third-order valence-electron chi connectivity index (χ3n) is 4.18. The van der Waals surface area contributed by atoms with Crippen LogP contribution in [0.4, 0.5) is 9.18 Å². The minimum absolute atomic E-state index is 0.103. The highest BCUT2D eigenvalue weighted by molar-refractivity contribution is 5.73. The first-order valence-corrected chi connectivity index (χ1v) is 9.25. The Morgan fingerprint density at radius 1 is 1.14 bits per heavy atom. The van der Waals surface area contributed by atoms with Gasteiger partial charge in [-0.15, -0.1) is 0 Å². The van der Waals surface area contributed by atoms with Gasteiger partial charge in [-0.05, 0) is 49.2 Å². The Balaban J connectivity index is 1.54. The standard InChI is InChI=1S/C21H25FN2O4/c1-14(2)28-18-6-4-15(10-17(18)22)12-23-21(25)24(3)13-16-5-7-19-20(11-16)27-9-8-26-19/h4-7,10-11,14H,8-9,12-13H2,1-3H3,(H,23,25). The molecule has 2 aromatic rings. The molecule has 0 unspecified atom stereocenters. The zero-order chi connectivity index (χ0) is 20.1. The summed E-state index contributed by atoms with van der Waals surface area (Å²) in [5.41, 5.74) is 1.60. The van der Waals surface area contributed by atoms with Gasteiger partial charge in [0.1, 0.15) is 13.2 Å². The number of hydrogen-bond donors (Lipinski definition) is 1. The van der Waals surface area contributed by atoms with E-state index < -0.39 is 5.82 Å². The fraction of sp³-hybridized carbons (Fsp3) is 0.381. The second-order valence-electron chi connectivity index (χ2n) is 6.92. The van der Waals surface area contributed by atoms with E-state index in [4.69, 9.17) is 14.2 Å². The second-order valence-corrected chi connectivity index (χ2v) is 6.92. The summed E-state index contributed by atoms with van der Waals surface area (Å²) in [5, 5.41) is 2.79. The molecule has 1 aliphatic heterocycles. The van der Waals surface area contributed by atoms with Gasteiger partial charge in [-0.1, -0.05) is 12.1 Å². The molecule has 0 bridgehead atoms. The molecule has 6 nitrogen and oxygen atoms in total. The molecule has 0 aliphatic carbocycles. The molecule has 0 atom stereocenters. The van der Waals surface area contributed by atoms with Gasteiger partial charge in [0.25, 0.3) is 0 Å². The molecule has 3 rings (SSSR count). The normalized spacial score (nSPS) is 12.6. The Morgan fingerprint density at radius 3 is 2.57 bits per heavy atom. The van der Waals surface area contributed by atoms with Crippen LogP contribution < -0.4 is 19.5 Å². The molecule has 1 heterocycles. The van der Waals surface area contributed by atoms with Crippen molar-refractivity contribution in [1.82, 2.24) is 10.2 Å². The number of nitrogens with one attached hydrogen (secondary N) is 1. The topological polar surface area (TPSA) is 60.0 Å².